The number of carbonyl (C=O) groups excluding carboxylic acids is 3. The van der Waals surface area contributed by atoms with Gasteiger partial charge in [-0.1, -0.05) is 19.9 Å². The molecule has 0 radical (unpaired) electrons. The summed E-state index contributed by atoms with van der Waals surface area (Å²) in [5.74, 6) is 2.92. The summed E-state index contributed by atoms with van der Waals surface area (Å²) in [6.07, 6.45) is 11.7. The minimum Gasteiger partial charge on any atom is -0.463 e. The van der Waals surface area contributed by atoms with Crippen molar-refractivity contribution in [2.45, 2.75) is 105 Å². The first kappa shape index (κ1) is 23.3. The third kappa shape index (κ3) is 3.32. The van der Waals surface area contributed by atoms with E-state index in [4.69, 9.17) is 4.74 Å². The summed E-state index contributed by atoms with van der Waals surface area (Å²) in [5.41, 5.74) is 0.386. The molecule has 0 spiro atoms. The highest BCUT2D eigenvalue weighted by Crippen LogP contribution is 2.67. The number of fused-ring (bicyclic) bond motifs is 5. The predicted octanol–water partition coefficient (Wildman–Crippen LogP) is 6.07. The van der Waals surface area contributed by atoms with Crippen molar-refractivity contribution in [1.82, 2.24) is 0 Å². The standard InChI is InChI=1S/C29H42O4/c1-17-6-11-25(31)28(4,16-17)24-10-9-22-21-8-7-19-14-20(33-18(2)30)12-13-27(19,3)23(21)15-26(32)29(22,24)5/h10,17,19-23H,6-9,11-16H2,1-5H3/t17-,19+,20+,21+,22+,23+,27+,28+,29+/m1/s1. The highest BCUT2D eigenvalue weighted by atomic mass is 16.5. The number of ketones is 2. The molecule has 0 aromatic rings. The van der Waals surface area contributed by atoms with Gasteiger partial charge in [-0.2, -0.15) is 0 Å². The molecule has 0 heterocycles. The van der Waals surface area contributed by atoms with Crippen LogP contribution in [0, 0.1) is 45.8 Å². The first-order valence-electron chi connectivity index (χ1n) is 13.4. The lowest BCUT2D eigenvalue weighted by molar-refractivity contribution is -0.163. The molecule has 0 bridgehead atoms. The van der Waals surface area contributed by atoms with Gasteiger partial charge in [-0.25, -0.2) is 0 Å². The minimum absolute atomic E-state index is 0.0423. The van der Waals surface area contributed by atoms with Crippen molar-refractivity contribution < 1.29 is 19.1 Å². The summed E-state index contributed by atoms with van der Waals surface area (Å²) < 4.78 is 5.59. The second-order valence-electron chi connectivity index (χ2n) is 12.9. The molecule has 9 atom stereocenters. The molecule has 182 valence electrons. The van der Waals surface area contributed by atoms with Crippen molar-refractivity contribution in [2.24, 2.45) is 45.8 Å². The van der Waals surface area contributed by atoms with E-state index in [-0.39, 0.29) is 17.5 Å². The molecule has 0 saturated heterocycles. The molecule has 5 aliphatic carbocycles. The fourth-order valence-corrected chi connectivity index (χ4v) is 9.50. The van der Waals surface area contributed by atoms with Crippen LogP contribution in [0.1, 0.15) is 98.8 Å². The van der Waals surface area contributed by atoms with Gasteiger partial charge in [-0.3, -0.25) is 14.4 Å². The second-order valence-corrected chi connectivity index (χ2v) is 12.9. The van der Waals surface area contributed by atoms with E-state index in [1.165, 1.54) is 18.9 Å². The van der Waals surface area contributed by atoms with Crippen LogP contribution >= 0.6 is 0 Å². The smallest absolute Gasteiger partial charge is 0.302 e. The molecule has 5 rings (SSSR count). The van der Waals surface area contributed by atoms with Gasteiger partial charge in [0.25, 0.3) is 0 Å². The average molecular weight is 455 g/mol. The molecule has 4 saturated carbocycles. The molecule has 0 unspecified atom stereocenters. The van der Waals surface area contributed by atoms with E-state index in [0.29, 0.717) is 54.0 Å². The Morgan fingerprint density at radius 1 is 1.03 bits per heavy atom. The third-order valence-electron chi connectivity index (χ3n) is 11.2. The molecule has 0 amide bonds. The number of rotatable bonds is 2. The largest absolute Gasteiger partial charge is 0.463 e. The number of Topliss-reactive ketones (excluding diaryl/α,β-unsaturated/α-hetero) is 2. The Kier molecular flexibility index (Phi) is 5.49. The minimum atomic E-state index is -0.471. The van der Waals surface area contributed by atoms with Gasteiger partial charge >= 0.3 is 5.97 Å². The van der Waals surface area contributed by atoms with Crippen molar-refractivity contribution in [3.63, 3.8) is 0 Å². The summed E-state index contributed by atoms with van der Waals surface area (Å²) in [4.78, 5) is 38.8. The lowest BCUT2D eigenvalue weighted by Crippen LogP contribution is -2.58. The normalized spacial score (nSPS) is 49.5. The van der Waals surface area contributed by atoms with Crippen LogP contribution in [0.5, 0.6) is 0 Å². The zero-order valence-corrected chi connectivity index (χ0v) is 21.2. The quantitative estimate of drug-likeness (QED) is 0.375. The van der Waals surface area contributed by atoms with Crippen molar-refractivity contribution in [2.75, 3.05) is 0 Å². The maximum absolute atomic E-state index is 14.0. The van der Waals surface area contributed by atoms with E-state index in [9.17, 15) is 14.4 Å². The second kappa shape index (κ2) is 7.78. The summed E-state index contributed by atoms with van der Waals surface area (Å²) in [7, 11) is 0. The Morgan fingerprint density at radius 3 is 2.52 bits per heavy atom. The van der Waals surface area contributed by atoms with E-state index in [2.05, 4.69) is 33.8 Å². The molecule has 0 aromatic carbocycles. The molecule has 4 fully saturated rings. The average Bonchev–Trinajstić information content (AvgIpc) is 3.11. The SMILES string of the molecule is CC(=O)O[C@H]1CC[C@@]2(C)[C@@H](CC[C@H]3[C@@H]4CC=C([C@]5(C)C[C@H](C)CCC5=O)[C@@]4(C)C(=O)C[C@@H]32)C1. The Hall–Kier alpha value is -1.45. The molecule has 5 aliphatic rings. The van der Waals surface area contributed by atoms with Gasteiger partial charge in [0.2, 0.25) is 0 Å². The number of hydrogen-bond acceptors (Lipinski definition) is 4. The molecule has 0 aliphatic heterocycles. The summed E-state index contributed by atoms with van der Waals surface area (Å²) in [6.45, 7) is 10.5. The van der Waals surface area contributed by atoms with Gasteiger partial charge in [-0.05, 0) is 106 Å². The van der Waals surface area contributed by atoms with Crippen LogP contribution in [0.15, 0.2) is 11.6 Å². The topological polar surface area (TPSA) is 60.4 Å². The maximum atomic E-state index is 14.0. The van der Waals surface area contributed by atoms with Gasteiger partial charge in [-0.15, -0.1) is 0 Å². The van der Waals surface area contributed by atoms with E-state index in [0.717, 1.165) is 44.9 Å². The molecular formula is C29H42O4. The van der Waals surface area contributed by atoms with Gasteiger partial charge < -0.3 is 4.74 Å². The fourth-order valence-electron chi connectivity index (χ4n) is 9.50. The highest BCUT2D eigenvalue weighted by molar-refractivity contribution is 5.95. The number of carbonyl (C=O) groups is 3. The van der Waals surface area contributed by atoms with Crippen molar-refractivity contribution in [3.05, 3.63) is 11.6 Å². The van der Waals surface area contributed by atoms with Crippen molar-refractivity contribution in [3.8, 4) is 0 Å². The molecule has 4 nitrogen and oxygen atoms in total. The lowest BCUT2D eigenvalue weighted by atomic mass is 9.43. The van der Waals surface area contributed by atoms with Gasteiger partial charge in [0, 0.05) is 25.2 Å². The summed E-state index contributed by atoms with van der Waals surface area (Å²) in [5, 5.41) is 0. The monoisotopic (exact) mass is 454 g/mol. The van der Waals surface area contributed by atoms with Gasteiger partial charge in [0.05, 0.1) is 5.41 Å². The Labute approximate surface area is 199 Å². The molecule has 0 aromatic heterocycles. The first-order chi connectivity index (χ1) is 15.5. The fraction of sp³-hybridized carbons (Fsp3) is 0.828. The Bertz CT molecular complexity index is 903. The van der Waals surface area contributed by atoms with Crippen LogP contribution < -0.4 is 0 Å². The van der Waals surface area contributed by atoms with E-state index in [1.54, 1.807) is 0 Å². The van der Waals surface area contributed by atoms with Crippen molar-refractivity contribution in [1.29, 1.82) is 0 Å². The van der Waals surface area contributed by atoms with Gasteiger partial charge in [0.15, 0.2) is 0 Å². The lowest BCUT2D eigenvalue weighted by Gasteiger charge is -2.60. The Morgan fingerprint density at radius 2 is 1.79 bits per heavy atom. The third-order valence-corrected chi connectivity index (χ3v) is 11.2. The van der Waals surface area contributed by atoms with E-state index in [1.807, 2.05) is 0 Å². The van der Waals surface area contributed by atoms with E-state index < -0.39 is 10.8 Å². The van der Waals surface area contributed by atoms with Crippen LogP contribution in [0.2, 0.25) is 0 Å². The zero-order valence-electron chi connectivity index (χ0n) is 21.2. The molecule has 0 N–H and O–H groups in total. The zero-order chi connectivity index (χ0) is 23.8. The van der Waals surface area contributed by atoms with Gasteiger partial charge in [0.1, 0.15) is 17.7 Å². The van der Waals surface area contributed by atoms with Crippen molar-refractivity contribution >= 4 is 17.5 Å². The molecular weight excluding hydrogens is 412 g/mol. The number of esters is 1. The van der Waals surface area contributed by atoms with Crippen LogP contribution in [-0.2, 0) is 19.1 Å². The molecule has 4 heteroatoms. The highest BCUT2D eigenvalue weighted by Gasteiger charge is 2.64. The predicted molar refractivity (Wildman–Crippen MR) is 127 cm³/mol. The summed E-state index contributed by atoms with van der Waals surface area (Å²) >= 11 is 0. The van der Waals surface area contributed by atoms with Crippen LogP contribution in [-0.4, -0.2) is 23.6 Å². The van der Waals surface area contributed by atoms with Crippen LogP contribution in [0.3, 0.4) is 0 Å². The first-order valence-corrected chi connectivity index (χ1v) is 13.4. The number of ether oxygens (including phenoxy) is 1. The Balaban J connectivity index is 1.42. The molecule has 33 heavy (non-hydrogen) atoms. The number of allylic oxidation sites excluding steroid dienone is 2. The number of hydrogen-bond donors (Lipinski definition) is 0. The maximum Gasteiger partial charge on any atom is 0.302 e. The van der Waals surface area contributed by atoms with E-state index >= 15 is 0 Å². The van der Waals surface area contributed by atoms with Crippen LogP contribution in [0.25, 0.3) is 0 Å². The van der Waals surface area contributed by atoms with Crippen LogP contribution in [0.4, 0.5) is 0 Å². The summed E-state index contributed by atoms with van der Waals surface area (Å²) in [6, 6.07) is 0.